The normalized spacial score (nSPS) is 16.5. The maximum atomic E-state index is 12.7. The average molecular weight is 270 g/mol. The molecule has 0 heterocycles. The standard InChI is InChI=1S/C14H13F3O2/c1-2-19-13(18)7-10-4-3-9-5-6-11(8-12(9)10)14(15,16)17/h5-8H,2-4H2,1H3/b10-7+. The molecule has 0 radical (unpaired) electrons. The molecule has 0 spiro atoms. The van der Waals surface area contributed by atoms with Gasteiger partial charge in [-0.2, -0.15) is 13.2 Å². The molecule has 0 fully saturated rings. The molecule has 5 heteroatoms. The summed E-state index contributed by atoms with van der Waals surface area (Å²) in [6, 6.07) is 3.66. The number of fused-ring (bicyclic) bond motifs is 1. The molecule has 0 N–H and O–H groups in total. The van der Waals surface area contributed by atoms with E-state index < -0.39 is 17.7 Å². The first kappa shape index (κ1) is 13.6. The van der Waals surface area contributed by atoms with Crippen molar-refractivity contribution < 1.29 is 22.7 Å². The third-order valence-corrected chi connectivity index (χ3v) is 3.03. The lowest BCUT2D eigenvalue weighted by Crippen LogP contribution is -2.05. The summed E-state index contributed by atoms with van der Waals surface area (Å²) >= 11 is 0. The monoisotopic (exact) mass is 270 g/mol. The second-order valence-corrected chi connectivity index (χ2v) is 4.29. The number of carbonyl (C=O) groups excluding carboxylic acids is 1. The molecule has 0 unspecified atom stereocenters. The molecule has 19 heavy (non-hydrogen) atoms. The van der Waals surface area contributed by atoms with Crippen molar-refractivity contribution in [1.82, 2.24) is 0 Å². The molecule has 1 aromatic carbocycles. The molecule has 0 aliphatic heterocycles. The minimum Gasteiger partial charge on any atom is -0.463 e. The highest BCUT2D eigenvalue weighted by molar-refractivity contribution is 5.93. The Labute approximate surface area is 108 Å². The van der Waals surface area contributed by atoms with Crippen LogP contribution < -0.4 is 0 Å². The van der Waals surface area contributed by atoms with E-state index in [1.807, 2.05) is 0 Å². The van der Waals surface area contributed by atoms with Crippen LogP contribution in [0, 0.1) is 0 Å². The molecule has 1 aromatic rings. The summed E-state index contributed by atoms with van der Waals surface area (Å²) in [4.78, 5) is 11.4. The van der Waals surface area contributed by atoms with Crippen LogP contribution in [0.25, 0.3) is 5.57 Å². The maximum absolute atomic E-state index is 12.7. The number of hydrogen-bond donors (Lipinski definition) is 0. The Hall–Kier alpha value is -1.78. The van der Waals surface area contributed by atoms with Crippen LogP contribution in [-0.4, -0.2) is 12.6 Å². The number of carbonyl (C=O) groups is 1. The second kappa shape index (κ2) is 5.07. The van der Waals surface area contributed by atoms with Gasteiger partial charge in [0.1, 0.15) is 0 Å². The van der Waals surface area contributed by atoms with Gasteiger partial charge in [-0.1, -0.05) is 6.07 Å². The third kappa shape index (κ3) is 2.97. The van der Waals surface area contributed by atoms with Gasteiger partial charge in [-0.05, 0) is 48.6 Å². The van der Waals surface area contributed by atoms with E-state index in [9.17, 15) is 18.0 Å². The van der Waals surface area contributed by atoms with E-state index in [-0.39, 0.29) is 6.61 Å². The average Bonchev–Trinajstić information content (AvgIpc) is 2.71. The number of aryl methyl sites for hydroxylation is 1. The van der Waals surface area contributed by atoms with Gasteiger partial charge in [-0.15, -0.1) is 0 Å². The molecule has 2 nitrogen and oxygen atoms in total. The number of alkyl halides is 3. The summed E-state index contributed by atoms with van der Waals surface area (Å²) in [7, 11) is 0. The summed E-state index contributed by atoms with van der Waals surface area (Å²) in [6.07, 6.45) is -1.86. The van der Waals surface area contributed by atoms with Crippen LogP contribution in [-0.2, 0) is 22.1 Å². The van der Waals surface area contributed by atoms with Gasteiger partial charge in [0.25, 0.3) is 0 Å². The largest absolute Gasteiger partial charge is 0.463 e. The number of ether oxygens (including phenoxy) is 1. The smallest absolute Gasteiger partial charge is 0.416 e. The minimum absolute atomic E-state index is 0.248. The Morgan fingerprint density at radius 2 is 2.11 bits per heavy atom. The lowest BCUT2D eigenvalue weighted by atomic mass is 10.0. The number of rotatable bonds is 2. The zero-order valence-electron chi connectivity index (χ0n) is 10.4. The van der Waals surface area contributed by atoms with Crippen molar-refractivity contribution >= 4 is 11.5 Å². The summed E-state index contributed by atoms with van der Waals surface area (Å²) in [5.74, 6) is -0.511. The van der Waals surface area contributed by atoms with Crippen molar-refractivity contribution in [3.05, 3.63) is 41.0 Å². The Balaban J connectivity index is 2.35. The first-order valence-electron chi connectivity index (χ1n) is 5.99. The van der Waals surface area contributed by atoms with Gasteiger partial charge in [0, 0.05) is 6.08 Å². The van der Waals surface area contributed by atoms with E-state index in [0.29, 0.717) is 24.0 Å². The molecule has 102 valence electrons. The molecule has 0 amide bonds. The van der Waals surface area contributed by atoms with E-state index >= 15 is 0 Å². The quantitative estimate of drug-likeness (QED) is 0.606. The van der Waals surface area contributed by atoms with Crippen LogP contribution in [0.1, 0.15) is 30.0 Å². The Kier molecular flexibility index (Phi) is 3.64. The highest BCUT2D eigenvalue weighted by Gasteiger charge is 2.32. The fourth-order valence-corrected chi connectivity index (χ4v) is 2.15. The zero-order valence-corrected chi connectivity index (χ0v) is 10.4. The van der Waals surface area contributed by atoms with Gasteiger partial charge in [0.15, 0.2) is 0 Å². The number of benzene rings is 1. The number of halogens is 3. The van der Waals surface area contributed by atoms with Crippen molar-refractivity contribution in [2.24, 2.45) is 0 Å². The van der Waals surface area contributed by atoms with Crippen molar-refractivity contribution in [3.63, 3.8) is 0 Å². The summed E-state index contributed by atoms with van der Waals surface area (Å²) < 4.78 is 42.7. The van der Waals surface area contributed by atoms with Crippen molar-refractivity contribution in [3.8, 4) is 0 Å². The second-order valence-electron chi connectivity index (χ2n) is 4.29. The number of allylic oxidation sites excluding steroid dienone is 1. The SMILES string of the molecule is CCOC(=O)/C=C1\CCc2ccc(C(F)(F)F)cc21. The van der Waals surface area contributed by atoms with Crippen molar-refractivity contribution in [2.75, 3.05) is 6.61 Å². The number of hydrogen-bond acceptors (Lipinski definition) is 2. The molecule has 1 aliphatic rings. The van der Waals surface area contributed by atoms with Gasteiger partial charge in [-0.3, -0.25) is 0 Å². The predicted octanol–water partition coefficient (Wildman–Crippen LogP) is 3.60. The topological polar surface area (TPSA) is 26.3 Å². The minimum atomic E-state index is -4.37. The van der Waals surface area contributed by atoms with Crippen molar-refractivity contribution in [1.29, 1.82) is 0 Å². The molecule has 1 aliphatic carbocycles. The molecule has 0 aromatic heterocycles. The van der Waals surface area contributed by atoms with Gasteiger partial charge in [-0.25, -0.2) is 4.79 Å². The molecule has 0 saturated carbocycles. The Morgan fingerprint density at radius 1 is 1.37 bits per heavy atom. The zero-order chi connectivity index (χ0) is 14.0. The van der Waals surface area contributed by atoms with Crippen LogP contribution >= 0.6 is 0 Å². The van der Waals surface area contributed by atoms with E-state index in [2.05, 4.69) is 0 Å². The third-order valence-electron chi connectivity index (χ3n) is 3.03. The van der Waals surface area contributed by atoms with Gasteiger partial charge < -0.3 is 4.74 Å². The fraction of sp³-hybridized carbons (Fsp3) is 0.357. The lowest BCUT2D eigenvalue weighted by molar-refractivity contribution is -0.138. The summed E-state index contributed by atoms with van der Waals surface area (Å²) in [5.41, 5.74) is 1.26. The Morgan fingerprint density at radius 3 is 2.74 bits per heavy atom. The molecule has 0 atom stereocenters. The van der Waals surface area contributed by atoms with Crippen molar-refractivity contribution in [2.45, 2.75) is 25.9 Å². The van der Waals surface area contributed by atoms with Crippen LogP contribution in [0.2, 0.25) is 0 Å². The first-order valence-corrected chi connectivity index (χ1v) is 5.99. The number of esters is 1. The van der Waals surface area contributed by atoms with E-state index in [0.717, 1.165) is 17.7 Å². The van der Waals surface area contributed by atoms with Crippen LogP contribution in [0.5, 0.6) is 0 Å². The van der Waals surface area contributed by atoms with E-state index in [4.69, 9.17) is 4.74 Å². The summed E-state index contributed by atoms with van der Waals surface area (Å²) in [6.45, 7) is 1.93. The van der Waals surface area contributed by atoms with E-state index in [1.165, 1.54) is 12.1 Å². The summed E-state index contributed by atoms with van der Waals surface area (Å²) in [5, 5.41) is 0. The highest BCUT2D eigenvalue weighted by atomic mass is 19.4. The molecule has 0 saturated heterocycles. The van der Waals surface area contributed by atoms with Crippen LogP contribution in [0.4, 0.5) is 13.2 Å². The molecular formula is C14H13F3O2. The first-order chi connectivity index (χ1) is 8.91. The molecule has 0 bridgehead atoms. The fourth-order valence-electron chi connectivity index (χ4n) is 2.15. The molecular weight excluding hydrogens is 257 g/mol. The van der Waals surface area contributed by atoms with Crippen LogP contribution in [0.3, 0.4) is 0 Å². The van der Waals surface area contributed by atoms with Gasteiger partial charge >= 0.3 is 12.1 Å². The predicted molar refractivity (Wildman–Crippen MR) is 64.4 cm³/mol. The lowest BCUT2D eigenvalue weighted by Gasteiger charge is -2.09. The van der Waals surface area contributed by atoms with Gasteiger partial charge in [0.2, 0.25) is 0 Å². The van der Waals surface area contributed by atoms with E-state index in [1.54, 1.807) is 6.92 Å². The Bertz CT molecular complexity index is 530. The van der Waals surface area contributed by atoms with Crippen LogP contribution in [0.15, 0.2) is 24.3 Å². The van der Waals surface area contributed by atoms with Gasteiger partial charge in [0.05, 0.1) is 12.2 Å². The molecule has 2 rings (SSSR count). The highest BCUT2D eigenvalue weighted by Crippen LogP contribution is 2.37. The maximum Gasteiger partial charge on any atom is 0.416 e.